The topological polar surface area (TPSA) is 50.5 Å². The molecule has 38 heavy (non-hydrogen) atoms. The van der Waals surface area contributed by atoms with E-state index in [4.69, 9.17) is 11.6 Å². The molecule has 1 fully saturated rings. The average Bonchev–Trinajstić information content (AvgIpc) is 3.40. The van der Waals surface area contributed by atoms with Gasteiger partial charge in [0.2, 0.25) is 0 Å². The standard InChI is InChI=1S/C31H29ClN4O2/c1-2-34-18-21(24-6-3-4-7-28(24)34)13-26-25-11-10-23(32)14-29(25)36(31(26)38)19-33-15-20-12-22(17-33)27-8-5-9-30(37)35(27)16-20/h3-11,13-14,18,20,22H,2,12,15-17,19H2,1H3/b26-13-/t20?,22-/m1/s1. The number of aryl methyl sites for hydroxylation is 1. The monoisotopic (exact) mass is 524 g/mol. The van der Waals surface area contributed by atoms with Gasteiger partial charge < -0.3 is 9.13 Å². The summed E-state index contributed by atoms with van der Waals surface area (Å²) in [6.07, 6.45) is 5.26. The van der Waals surface area contributed by atoms with Crippen molar-refractivity contribution in [3.05, 3.63) is 99.1 Å². The van der Waals surface area contributed by atoms with Gasteiger partial charge in [-0.15, -0.1) is 0 Å². The lowest BCUT2D eigenvalue weighted by atomic mass is 9.83. The van der Waals surface area contributed by atoms with E-state index >= 15 is 0 Å². The van der Waals surface area contributed by atoms with Gasteiger partial charge in [0.15, 0.2) is 0 Å². The largest absolute Gasteiger partial charge is 0.347 e. The van der Waals surface area contributed by atoms with Gasteiger partial charge in [0, 0.05) is 82.7 Å². The maximum absolute atomic E-state index is 14.0. The van der Waals surface area contributed by atoms with Crippen molar-refractivity contribution < 1.29 is 4.79 Å². The van der Waals surface area contributed by atoms with E-state index < -0.39 is 0 Å². The highest BCUT2D eigenvalue weighted by atomic mass is 35.5. The maximum Gasteiger partial charge on any atom is 0.260 e. The first kappa shape index (κ1) is 23.5. The van der Waals surface area contributed by atoms with E-state index in [-0.39, 0.29) is 11.5 Å². The molecule has 0 spiro atoms. The number of hydrogen-bond acceptors (Lipinski definition) is 3. The van der Waals surface area contributed by atoms with Crippen molar-refractivity contribution in [2.24, 2.45) is 5.92 Å². The fourth-order valence-electron chi connectivity index (χ4n) is 6.72. The van der Waals surface area contributed by atoms with Gasteiger partial charge in [-0.2, -0.15) is 0 Å². The van der Waals surface area contributed by atoms with Crippen LogP contribution in [0.3, 0.4) is 0 Å². The molecule has 0 aliphatic carbocycles. The molecule has 192 valence electrons. The number of carbonyl (C=O) groups is 1. The van der Waals surface area contributed by atoms with Gasteiger partial charge in [0.1, 0.15) is 0 Å². The number of likely N-dealkylation sites (tertiary alicyclic amines) is 1. The van der Waals surface area contributed by atoms with Crippen LogP contribution in [0.15, 0.2) is 71.7 Å². The third-order valence-corrected chi connectivity index (χ3v) is 8.61. The van der Waals surface area contributed by atoms with E-state index in [1.54, 1.807) is 6.07 Å². The lowest BCUT2D eigenvalue weighted by Crippen LogP contribution is -2.50. The normalized spacial score (nSPS) is 21.8. The molecule has 6 nitrogen and oxygen atoms in total. The quantitative estimate of drug-likeness (QED) is 0.334. The van der Waals surface area contributed by atoms with Crippen LogP contribution in [0.25, 0.3) is 22.6 Å². The molecule has 0 radical (unpaired) electrons. The highest BCUT2D eigenvalue weighted by Gasteiger charge is 2.38. The first-order valence-electron chi connectivity index (χ1n) is 13.3. The number of nitrogens with zero attached hydrogens (tertiary/aromatic N) is 4. The second kappa shape index (κ2) is 9.00. The summed E-state index contributed by atoms with van der Waals surface area (Å²) in [5.41, 5.74) is 5.89. The van der Waals surface area contributed by atoms with Gasteiger partial charge >= 0.3 is 0 Å². The third-order valence-electron chi connectivity index (χ3n) is 8.37. The summed E-state index contributed by atoms with van der Waals surface area (Å²) in [6.45, 7) is 5.92. The summed E-state index contributed by atoms with van der Waals surface area (Å²) in [7, 11) is 0. The van der Waals surface area contributed by atoms with Crippen LogP contribution in [-0.4, -0.2) is 39.7 Å². The van der Waals surface area contributed by atoms with Crippen molar-refractivity contribution in [2.45, 2.75) is 32.4 Å². The number of fused-ring (bicyclic) bond motifs is 6. The second-order valence-corrected chi connectivity index (χ2v) is 11.2. The molecule has 1 saturated heterocycles. The number of anilines is 1. The zero-order valence-electron chi connectivity index (χ0n) is 21.3. The Morgan fingerprint density at radius 1 is 1.00 bits per heavy atom. The summed E-state index contributed by atoms with van der Waals surface area (Å²) in [4.78, 5) is 30.7. The summed E-state index contributed by atoms with van der Waals surface area (Å²) in [6, 6.07) is 19.7. The fourth-order valence-corrected chi connectivity index (χ4v) is 6.89. The number of benzene rings is 2. The summed E-state index contributed by atoms with van der Waals surface area (Å²) in [5.74, 6) is 0.694. The minimum Gasteiger partial charge on any atom is -0.347 e. The van der Waals surface area contributed by atoms with E-state index in [0.717, 1.165) is 60.5 Å². The average molecular weight is 525 g/mol. The number of halogens is 1. The van der Waals surface area contributed by atoms with E-state index in [2.05, 4.69) is 40.8 Å². The third kappa shape index (κ3) is 3.74. The number of hydrogen-bond donors (Lipinski definition) is 0. The van der Waals surface area contributed by atoms with Crippen molar-refractivity contribution in [1.29, 1.82) is 0 Å². The van der Waals surface area contributed by atoms with E-state index in [9.17, 15) is 9.59 Å². The molecule has 0 saturated carbocycles. The van der Waals surface area contributed by atoms with Crippen LogP contribution < -0.4 is 10.5 Å². The molecule has 0 N–H and O–H groups in total. The van der Waals surface area contributed by atoms with Crippen LogP contribution in [0.4, 0.5) is 5.69 Å². The number of piperidine rings is 1. The first-order chi connectivity index (χ1) is 18.5. The Kier molecular flexibility index (Phi) is 5.57. The Hall–Kier alpha value is -3.61. The van der Waals surface area contributed by atoms with Crippen LogP contribution in [-0.2, 0) is 17.9 Å². The Labute approximate surface area is 226 Å². The number of aromatic nitrogens is 2. The van der Waals surface area contributed by atoms with Gasteiger partial charge in [-0.05, 0) is 49.6 Å². The molecule has 2 bridgehead atoms. The predicted octanol–water partition coefficient (Wildman–Crippen LogP) is 5.44. The molecule has 1 unspecified atom stereocenters. The molecule has 3 aliphatic rings. The van der Waals surface area contributed by atoms with E-state index in [1.165, 1.54) is 5.52 Å². The van der Waals surface area contributed by atoms with Gasteiger partial charge in [0.25, 0.3) is 11.5 Å². The van der Waals surface area contributed by atoms with Gasteiger partial charge in [-0.3, -0.25) is 19.4 Å². The Morgan fingerprint density at radius 2 is 1.87 bits per heavy atom. The van der Waals surface area contributed by atoms with Crippen molar-refractivity contribution in [3.8, 4) is 0 Å². The lowest BCUT2D eigenvalue weighted by Gasteiger charge is -2.43. The number of amides is 1. The van der Waals surface area contributed by atoms with Crippen LogP contribution in [0, 0.1) is 5.92 Å². The minimum atomic E-state index is 0.00273. The summed E-state index contributed by atoms with van der Waals surface area (Å²) in [5, 5.41) is 1.76. The minimum absolute atomic E-state index is 0.00273. The van der Waals surface area contributed by atoms with Crippen molar-refractivity contribution in [1.82, 2.24) is 14.0 Å². The smallest absolute Gasteiger partial charge is 0.260 e. The first-order valence-corrected chi connectivity index (χ1v) is 13.7. The Bertz CT molecular complexity index is 1680. The van der Waals surface area contributed by atoms with Crippen LogP contribution in [0.1, 0.15) is 36.1 Å². The van der Waals surface area contributed by atoms with Crippen molar-refractivity contribution >= 4 is 45.7 Å². The predicted molar refractivity (Wildman–Crippen MR) is 152 cm³/mol. The van der Waals surface area contributed by atoms with Crippen LogP contribution in [0.5, 0.6) is 0 Å². The number of para-hydroxylation sites is 1. The Balaban J connectivity index is 1.23. The SMILES string of the molecule is CCn1cc(/C=C2\C(=O)N(CN3CC4C[C@H](C3)c3cccc(=O)n3C4)c3cc(Cl)ccc32)c2ccccc21. The molecule has 5 heterocycles. The Morgan fingerprint density at radius 3 is 2.74 bits per heavy atom. The molecule has 7 rings (SSSR count). The van der Waals surface area contributed by atoms with Crippen LogP contribution in [0.2, 0.25) is 5.02 Å². The molecule has 2 atom stereocenters. The van der Waals surface area contributed by atoms with Gasteiger partial charge in [-0.25, -0.2) is 0 Å². The molecular formula is C31H29ClN4O2. The number of carbonyl (C=O) groups excluding carboxylic acids is 1. The molecule has 2 aromatic heterocycles. The lowest BCUT2D eigenvalue weighted by molar-refractivity contribution is -0.113. The van der Waals surface area contributed by atoms with Crippen molar-refractivity contribution in [3.63, 3.8) is 0 Å². The molecule has 7 heteroatoms. The van der Waals surface area contributed by atoms with Gasteiger partial charge in [-0.1, -0.05) is 41.9 Å². The van der Waals surface area contributed by atoms with E-state index in [0.29, 0.717) is 29.1 Å². The molecule has 1 amide bonds. The number of rotatable bonds is 4. The molecule has 2 aromatic carbocycles. The van der Waals surface area contributed by atoms with E-state index in [1.807, 2.05) is 51.9 Å². The van der Waals surface area contributed by atoms with Crippen molar-refractivity contribution in [2.75, 3.05) is 24.7 Å². The summed E-state index contributed by atoms with van der Waals surface area (Å²) >= 11 is 6.43. The second-order valence-electron chi connectivity index (χ2n) is 10.7. The zero-order chi connectivity index (χ0) is 26.0. The maximum atomic E-state index is 14.0. The summed E-state index contributed by atoms with van der Waals surface area (Å²) < 4.78 is 4.16. The fraction of sp³-hybridized carbons (Fsp3) is 0.290. The van der Waals surface area contributed by atoms with Crippen LogP contribution >= 0.6 is 11.6 Å². The number of pyridine rings is 1. The zero-order valence-corrected chi connectivity index (χ0v) is 22.1. The highest BCUT2D eigenvalue weighted by molar-refractivity contribution is 6.37. The highest BCUT2D eigenvalue weighted by Crippen LogP contribution is 2.41. The molecular weight excluding hydrogens is 496 g/mol. The molecule has 3 aliphatic heterocycles. The molecule has 4 aromatic rings. The van der Waals surface area contributed by atoms with Gasteiger partial charge in [0.05, 0.1) is 12.4 Å².